The van der Waals surface area contributed by atoms with Gasteiger partial charge in [-0.05, 0) is 27.2 Å². The molecule has 0 aromatic rings. The lowest BCUT2D eigenvalue weighted by molar-refractivity contribution is -0.143. The highest BCUT2D eigenvalue weighted by molar-refractivity contribution is 14.0. The molecule has 0 spiro atoms. The van der Waals surface area contributed by atoms with Crippen LogP contribution in [0.25, 0.3) is 0 Å². The van der Waals surface area contributed by atoms with E-state index in [-0.39, 0.29) is 35.6 Å². The second-order valence-corrected chi connectivity index (χ2v) is 6.14. The molecule has 5 nitrogen and oxygen atoms in total. The molecule has 23 heavy (non-hydrogen) atoms. The van der Waals surface area contributed by atoms with Crippen molar-refractivity contribution in [2.45, 2.75) is 45.0 Å². The number of alkyl halides is 3. The maximum absolute atomic E-state index is 12.4. The van der Waals surface area contributed by atoms with Crippen molar-refractivity contribution in [1.82, 2.24) is 15.5 Å². The quantitative estimate of drug-likeness (QED) is 0.369. The Hall–Kier alpha value is -0.290. The molecule has 138 valence electrons. The van der Waals surface area contributed by atoms with E-state index in [1.807, 2.05) is 20.8 Å². The van der Waals surface area contributed by atoms with Crippen molar-refractivity contribution in [3.05, 3.63) is 0 Å². The number of likely N-dealkylation sites (tertiary alicyclic amines) is 1. The van der Waals surface area contributed by atoms with Crippen LogP contribution >= 0.6 is 24.0 Å². The number of methoxy groups -OCH3 is 1. The highest BCUT2D eigenvalue weighted by atomic mass is 127. The first kappa shape index (κ1) is 22.7. The van der Waals surface area contributed by atoms with Gasteiger partial charge in [-0.2, -0.15) is 13.2 Å². The van der Waals surface area contributed by atoms with E-state index in [0.717, 1.165) is 0 Å². The average molecular weight is 452 g/mol. The van der Waals surface area contributed by atoms with Crippen LogP contribution in [0.3, 0.4) is 0 Å². The Morgan fingerprint density at radius 2 is 2.00 bits per heavy atom. The summed E-state index contributed by atoms with van der Waals surface area (Å²) >= 11 is 0. The highest BCUT2D eigenvalue weighted by Gasteiger charge is 2.34. The van der Waals surface area contributed by atoms with Gasteiger partial charge in [0.05, 0.1) is 18.7 Å². The van der Waals surface area contributed by atoms with Gasteiger partial charge in [0.2, 0.25) is 0 Å². The molecule has 0 aromatic heterocycles. The van der Waals surface area contributed by atoms with E-state index in [2.05, 4.69) is 15.6 Å². The smallest absolute Gasteiger partial charge is 0.377 e. The Balaban J connectivity index is 0.00000484. The van der Waals surface area contributed by atoms with E-state index in [9.17, 15) is 13.2 Å². The fourth-order valence-corrected chi connectivity index (χ4v) is 2.19. The summed E-state index contributed by atoms with van der Waals surface area (Å²) in [6, 6.07) is -0.0224. The van der Waals surface area contributed by atoms with E-state index in [4.69, 9.17) is 4.74 Å². The van der Waals surface area contributed by atoms with Gasteiger partial charge in [-0.15, -0.1) is 24.0 Å². The molecule has 1 aliphatic heterocycles. The molecule has 1 unspecified atom stereocenters. The molecule has 0 amide bonds. The molecule has 1 rings (SSSR count). The Morgan fingerprint density at radius 1 is 1.35 bits per heavy atom. The van der Waals surface area contributed by atoms with Crippen LogP contribution in [0.5, 0.6) is 0 Å². The van der Waals surface area contributed by atoms with Crippen molar-refractivity contribution in [2.24, 2.45) is 4.99 Å². The molecule has 0 aromatic carbocycles. The largest absolute Gasteiger partial charge is 0.401 e. The van der Waals surface area contributed by atoms with E-state index < -0.39 is 12.7 Å². The van der Waals surface area contributed by atoms with E-state index in [0.29, 0.717) is 38.6 Å². The number of nitrogens with zero attached hydrogens (tertiary/aromatic N) is 2. The van der Waals surface area contributed by atoms with Gasteiger partial charge >= 0.3 is 6.18 Å². The van der Waals surface area contributed by atoms with Crippen LogP contribution < -0.4 is 10.6 Å². The third-order valence-corrected chi connectivity index (χ3v) is 3.53. The van der Waals surface area contributed by atoms with Crippen LogP contribution in [0.4, 0.5) is 13.2 Å². The van der Waals surface area contributed by atoms with Crippen molar-refractivity contribution in [3.63, 3.8) is 0 Å². The first-order chi connectivity index (χ1) is 10.1. The summed E-state index contributed by atoms with van der Waals surface area (Å²) in [4.78, 5) is 5.86. The third-order valence-electron chi connectivity index (χ3n) is 3.53. The molecule has 0 saturated carbocycles. The Morgan fingerprint density at radius 3 is 2.52 bits per heavy atom. The molecule has 0 radical (unpaired) electrons. The molecule has 2 N–H and O–H groups in total. The monoisotopic (exact) mass is 452 g/mol. The Labute approximate surface area is 153 Å². The number of halogens is 4. The van der Waals surface area contributed by atoms with Gasteiger partial charge in [-0.1, -0.05) is 0 Å². The number of nitrogens with one attached hydrogen (secondary N) is 2. The predicted molar refractivity (Wildman–Crippen MR) is 96.5 cm³/mol. The zero-order valence-corrected chi connectivity index (χ0v) is 16.5. The topological polar surface area (TPSA) is 48.9 Å². The van der Waals surface area contributed by atoms with Crippen LogP contribution in [0.15, 0.2) is 4.99 Å². The molecular formula is C14H28F3IN4O. The molecule has 0 bridgehead atoms. The zero-order valence-electron chi connectivity index (χ0n) is 14.2. The minimum atomic E-state index is -4.14. The number of guanidine groups is 1. The number of hydrogen-bond acceptors (Lipinski definition) is 3. The molecular weight excluding hydrogens is 424 g/mol. The number of hydrogen-bond donors (Lipinski definition) is 2. The molecule has 1 saturated heterocycles. The molecule has 1 fully saturated rings. The van der Waals surface area contributed by atoms with Gasteiger partial charge in [0.15, 0.2) is 5.96 Å². The van der Waals surface area contributed by atoms with E-state index in [1.165, 1.54) is 4.90 Å². The summed E-state index contributed by atoms with van der Waals surface area (Å²) in [5.41, 5.74) is -0.375. The molecule has 1 aliphatic rings. The number of aliphatic imine (C=N–C) groups is 1. The summed E-state index contributed by atoms with van der Waals surface area (Å²) in [6.45, 7) is 6.94. The first-order valence-electron chi connectivity index (χ1n) is 7.54. The van der Waals surface area contributed by atoms with Crippen molar-refractivity contribution >= 4 is 29.9 Å². The zero-order chi connectivity index (χ0) is 16.8. The first-order valence-corrected chi connectivity index (χ1v) is 7.54. The third kappa shape index (κ3) is 9.55. The van der Waals surface area contributed by atoms with Crippen LogP contribution in [-0.2, 0) is 4.74 Å². The average Bonchev–Trinajstić information content (AvgIpc) is 2.81. The summed E-state index contributed by atoms with van der Waals surface area (Å²) in [6.07, 6.45) is -3.47. The van der Waals surface area contributed by atoms with Gasteiger partial charge in [-0.3, -0.25) is 9.89 Å². The summed E-state index contributed by atoms with van der Waals surface area (Å²) < 4.78 is 42.5. The highest BCUT2D eigenvalue weighted by Crippen LogP contribution is 2.19. The van der Waals surface area contributed by atoms with E-state index in [1.54, 1.807) is 7.11 Å². The van der Waals surface area contributed by atoms with Crippen LogP contribution in [0.1, 0.15) is 27.2 Å². The normalized spacial score (nSPS) is 20.3. The van der Waals surface area contributed by atoms with Crippen LogP contribution in [-0.4, -0.2) is 68.5 Å². The van der Waals surface area contributed by atoms with Gasteiger partial charge in [0.1, 0.15) is 0 Å². The van der Waals surface area contributed by atoms with Crippen molar-refractivity contribution in [1.29, 1.82) is 0 Å². The predicted octanol–water partition coefficient (Wildman–Crippen LogP) is 2.22. The van der Waals surface area contributed by atoms with Crippen molar-refractivity contribution in [2.75, 3.05) is 39.8 Å². The summed E-state index contributed by atoms with van der Waals surface area (Å²) in [7, 11) is 1.63. The molecule has 9 heteroatoms. The minimum absolute atomic E-state index is 0. The van der Waals surface area contributed by atoms with E-state index >= 15 is 0 Å². The van der Waals surface area contributed by atoms with Crippen molar-refractivity contribution in [3.8, 4) is 0 Å². The van der Waals surface area contributed by atoms with Gasteiger partial charge in [0, 0.05) is 32.8 Å². The summed E-state index contributed by atoms with van der Waals surface area (Å²) in [5.74, 6) is 0.617. The van der Waals surface area contributed by atoms with Crippen molar-refractivity contribution < 1.29 is 17.9 Å². The maximum atomic E-state index is 12.4. The van der Waals surface area contributed by atoms with Gasteiger partial charge in [-0.25, -0.2) is 0 Å². The number of rotatable bonds is 6. The van der Waals surface area contributed by atoms with Crippen LogP contribution in [0, 0.1) is 0 Å². The lowest BCUT2D eigenvalue weighted by Gasteiger charge is -2.23. The maximum Gasteiger partial charge on any atom is 0.401 e. The Kier molecular flexibility index (Phi) is 9.75. The minimum Gasteiger partial charge on any atom is -0.377 e. The second-order valence-electron chi connectivity index (χ2n) is 6.14. The summed E-state index contributed by atoms with van der Waals surface area (Å²) in [5, 5.41) is 6.32. The molecule has 0 aliphatic carbocycles. The Bertz CT molecular complexity index is 378. The van der Waals surface area contributed by atoms with Gasteiger partial charge in [0.25, 0.3) is 0 Å². The fourth-order valence-electron chi connectivity index (χ4n) is 2.19. The van der Waals surface area contributed by atoms with Crippen LogP contribution in [0.2, 0.25) is 0 Å². The molecule has 1 atom stereocenters. The fraction of sp³-hybridized carbons (Fsp3) is 0.929. The lowest BCUT2D eigenvalue weighted by Crippen LogP contribution is -2.46. The SMILES string of the molecule is CCNC(=NCC(C)(C)OC)NC1CCN(CC(F)(F)F)C1.I. The molecule has 1 heterocycles. The number of ether oxygens (including phenoxy) is 1. The van der Waals surface area contributed by atoms with Gasteiger partial charge < -0.3 is 15.4 Å². The lowest BCUT2D eigenvalue weighted by atomic mass is 10.1. The second kappa shape index (κ2) is 9.87. The standard InChI is InChI=1S/C14H27F3N4O.HI/c1-5-18-12(19-9-13(2,3)22-4)20-11-6-7-21(8-11)10-14(15,16)17;/h11H,5-10H2,1-4H3,(H2,18,19,20);1H.